The lowest BCUT2D eigenvalue weighted by Gasteiger charge is -2.11. The number of nitrogens with zero attached hydrogens (tertiary/aromatic N) is 2. The molecule has 1 amide bonds. The van der Waals surface area contributed by atoms with Gasteiger partial charge >= 0.3 is 0 Å². The fourth-order valence-electron chi connectivity index (χ4n) is 3.41. The highest BCUT2D eigenvalue weighted by Crippen LogP contribution is 2.19. The van der Waals surface area contributed by atoms with Gasteiger partial charge in [-0.2, -0.15) is 0 Å². The van der Waals surface area contributed by atoms with Crippen LogP contribution in [0.25, 0.3) is 11.0 Å². The second-order valence-electron chi connectivity index (χ2n) is 7.43. The predicted molar refractivity (Wildman–Crippen MR) is 124 cm³/mol. The van der Waals surface area contributed by atoms with E-state index in [-0.39, 0.29) is 12.5 Å². The van der Waals surface area contributed by atoms with Crippen LogP contribution in [0.4, 0.5) is 0 Å². The molecular formula is C25H24ClN3O2. The summed E-state index contributed by atoms with van der Waals surface area (Å²) < 4.78 is 7.71. The number of aryl methyl sites for hydroxylation is 1. The number of halogens is 1. The third kappa shape index (κ3) is 5.44. The number of aromatic nitrogens is 2. The average molecular weight is 434 g/mol. The van der Waals surface area contributed by atoms with E-state index < -0.39 is 0 Å². The van der Waals surface area contributed by atoms with Crippen molar-refractivity contribution in [2.24, 2.45) is 0 Å². The Morgan fingerprint density at radius 1 is 1.03 bits per heavy atom. The first-order valence-electron chi connectivity index (χ1n) is 10.2. The van der Waals surface area contributed by atoms with Gasteiger partial charge in [-0.15, -0.1) is 0 Å². The highest BCUT2D eigenvalue weighted by molar-refractivity contribution is 6.30. The van der Waals surface area contributed by atoms with Crippen LogP contribution in [0.2, 0.25) is 5.02 Å². The molecule has 1 N–H and O–H groups in total. The summed E-state index contributed by atoms with van der Waals surface area (Å²) in [6.07, 6.45) is 0.632. The van der Waals surface area contributed by atoms with Crippen LogP contribution in [0.5, 0.6) is 5.75 Å². The SMILES string of the molecule is Cc1ccc(Cn2c(CCNC(=O)COc3ccc(Cl)cc3)nc3ccccc32)cc1. The number of carbonyl (C=O) groups excluding carboxylic acids is 1. The molecule has 0 aliphatic rings. The van der Waals surface area contributed by atoms with Gasteiger partial charge in [-0.1, -0.05) is 53.6 Å². The Hall–Kier alpha value is -3.31. The van der Waals surface area contributed by atoms with Crippen LogP contribution < -0.4 is 10.1 Å². The van der Waals surface area contributed by atoms with Gasteiger partial charge < -0.3 is 14.6 Å². The van der Waals surface area contributed by atoms with E-state index in [1.54, 1.807) is 24.3 Å². The highest BCUT2D eigenvalue weighted by Gasteiger charge is 2.12. The number of hydrogen-bond acceptors (Lipinski definition) is 3. The summed E-state index contributed by atoms with van der Waals surface area (Å²) in [7, 11) is 0. The van der Waals surface area contributed by atoms with Crippen molar-refractivity contribution in [2.75, 3.05) is 13.2 Å². The second-order valence-corrected chi connectivity index (χ2v) is 7.87. The Morgan fingerprint density at radius 3 is 2.55 bits per heavy atom. The summed E-state index contributed by atoms with van der Waals surface area (Å²) in [5, 5.41) is 3.54. The summed E-state index contributed by atoms with van der Waals surface area (Å²) in [6.45, 7) is 3.27. The Balaban J connectivity index is 1.39. The summed E-state index contributed by atoms with van der Waals surface area (Å²) in [4.78, 5) is 17.0. The van der Waals surface area contributed by atoms with Crippen LogP contribution in [0, 0.1) is 6.92 Å². The maximum atomic E-state index is 12.2. The number of carbonyl (C=O) groups is 1. The topological polar surface area (TPSA) is 56.2 Å². The van der Waals surface area contributed by atoms with Crippen molar-refractivity contribution in [3.63, 3.8) is 0 Å². The Labute approximate surface area is 186 Å². The van der Waals surface area contributed by atoms with Crippen LogP contribution in [-0.2, 0) is 17.8 Å². The number of fused-ring (bicyclic) bond motifs is 1. The zero-order valence-corrected chi connectivity index (χ0v) is 18.1. The molecule has 0 radical (unpaired) electrons. The van der Waals surface area contributed by atoms with E-state index in [2.05, 4.69) is 47.1 Å². The number of rotatable bonds is 8. The molecule has 0 atom stereocenters. The van der Waals surface area contributed by atoms with Gasteiger partial charge in [0.25, 0.3) is 5.91 Å². The van der Waals surface area contributed by atoms with E-state index in [0.717, 1.165) is 23.4 Å². The zero-order chi connectivity index (χ0) is 21.6. The zero-order valence-electron chi connectivity index (χ0n) is 17.3. The van der Waals surface area contributed by atoms with E-state index in [9.17, 15) is 4.79 Å². The van der Waals surface area contributed by atoms with E-state index in [1.807, 2.05) is 18.2 Å². The van der Waals surface area contributed by atoms with E-state index >= 15 is 0 Å². The van der Waals surface area contributed by atoms with Crippen LogP contribution >= 0.6 is 11.6 Å². The lowest BCUT2D eigenvalue weighted by atomic mass is 10.1. The third-order valence-corrected chi connectivity index (χ3v) is 5.30. The van der Waals surface area contributed by atoms with Crippen LogP contribution in [0.15, 0.2) is 72.8 Å². The molecule has 4 aromatic rings. The first-order valence-corrected chi connectivity index (χ1v) is 10.6. The molecule has 0 saturated carbocycles. The van der Waals surface area contributed by atoms with Crippen molar-refractivity contribution in [1.29, 1.82) is 0 Å². The minimum atomic E-state index is -0.170. The van der Waals surface area contributed by atoms with Crippen molar-refractivity contribution in [3.8, 4) is 5.75 Å². The fraction of sp³-hybridized carbons (Fsp3) is 0.200. The quantitative estimate of drug-likeness (QED) is 0.435. The second kappa shape index (κ2) is 9.67. The molecule has 6 heteroatoms. The molecule has 0 aliphatic carbocycles. The largest absolute Gasteiger partial charge is 0.484 e. The molecule has 31 heavy (non-hydrogen) atoms. The number of nitrogens with one attached hydrogen (secondary N) is 1. The molecule has 0 bridgehead atoms. The first kappa shape index (κ1) is 20.9. The van der Waals surface area contributed by atoms with Gasteiger partial charge in [0.1, 0.15) is 11.6 Å². The molecule has 158 valence electrons. The van der Waals surface area contributed by atoms with Gasteiger partial charge in [0.15, 0.2) is 6.61 Å². The smallest absolute Gasteiger partial charge is 0.257 e. The van der Waals surface area contributed by atoms with Gasteiger partial charge in [-0.25, -0.2) is 4.98 Å². The van der Waals surface area contributed by atoms with Crippen LogP contribution in [0.3, 0.4) is 0 Å². The van der Waals surface area contributed by atoms with Crippen molar-refractivity contribution >= 4 is 28.5 Å². The number of hydrogen-bond donors (Lipinski definition) is 1. The molecular weight excluding hydrogens is 410 g/mol. The number of amides is 1. The average Bonchev–Trinajstić information content (AvgIpc) is 3.12. The summed E-state index contributed by atoms with van der Waals surface area (Å²) in [6, 6.07) is 23.6. The van der Waals surface area contributed by atoms with Crippen molar-refractivity contribution in [3.05, 3.63) is 94.8 Å². The van der Waals surface area contributed by atoms with Gasteiger partial charge in [0.2, 0.25) is 0 Å². The maximum absolute atomic E-state index is 12.2. The van der Waals surface area contributed by atoms with Crippen molar-refractivity contribution in [1.82, 2.24) is 14.9 Å². The number of para-hydroxylation sites is 2. The van der Waals surface area contributed by atoms with E-state index in [0.29, 0.717) is 23.7 Å². The number of imidazole rings is 1. The van der Waals surface area contributed by atoms with E-state index in [4.69, 9.17) is 21.3 Å². The molecule has 1 heterocycles. The van der Waals surface area contributed by atoms with Crippen LogP contribution in [-0.4, -0.2) is 28.6 Å². The third-order valence-electron chi connectivity index (χ3n) is 5.05. The summed E-state index contributed by atoms with van der Waals surface area (Å²) >= 11 is 5.86. The Bertz CT molecular complexity index is 1170. The Kier molecular flexibility index (Phi) is 6.53. The molecule has 0 aliphatic heterocycles. The highest BCUT2D eigenvalue weighted by atomic mass is 35.5. The molecule has 5 nitrogen and oxygen atoms in total. The van der Waals surface area contributed by atoms with Crippen LogP contribution in [0.1, 0.15) is 17.0 Å². The van der Waals surface area contributed by atoms with Gasteiger partial charge in [-0.3, -0.25) is 4.79 Å². The Morgan fingerprint density at radius 2 is 1.77 bits per heavy atom. The minimum Gasteiger partial charge on any atom is -0.484 e. The monoisotopic (exact) mass is 433 g/mol. The van der Waals surface area contributed by atoms with Gasteiger partial charge in [-0.05, 0) is 48.9 Å². The molecule has 4 rings (SSSR count). The molecule has 0 unspecified atom stereocenters. The van der Waals surface area contributed by atoms with E-state index in [1.165, 1.54) is 11.1 Å². The standard InChI is InChI=1S/C25H24ClN3O2/c1-18-6-8-19(9-7-18)16-29-23-5-3-2-4-22(23)28-24(29)14-15-27-25(30)17-31-21-12-10-20(26)11-13-21/h2-13H,14-17H2,1H3,(H,27,30). The molecule has 3 aromatic carbocycles. The maximum Gasteiger partial charge on any atom is 0.257 e. The predicted octanol–water partition coefficient (Wildman–Crippen LogP) is 4.78. The summed E-state index contributed by atoms with van der Waals surface area (Å²) in [5.74, 6) is 1.39. The minimum absolute atomic E-state index is 0.0403. The number of ether oxygens (including phenoxy) is 1. The molecule has 0 spiro atoms. The summed E-state index contributed by atoms with van der Waals surface area (Å²) in [5.41, 5.74) is 4.51. The first-order chi connectivity index (χ1) is 15.1. The van der Waals surface area contributed by atoms with Crippen molar-refractivity contribution in [2.45, 2.75) is 19.9 Å². The lowest BCUT2D eigenvalue weighted by molar-refractivity contribution is -0.123. The normalized spacial score (nSPS) is 10.9. The molecule has 1 aromatic heterocycles. The fourth-order valence-corrected chi connectivity index (χ4v) is 3.54. The van der Waals surface area contributed by atoms with Gasteiger partial charge in [0, 0.05) is 24.5 Å². The molecule has 0 fully saturated rings. The van der Waals surface area contributed by atoms with Crippen molar-refractivity contribution < 1.29 is 9.53 Å². The lowest BCUT2D eigenvalue weighted by Crippen LogP contribution is -2.31. The molecule has 0 saturated heterocycles. The number of benzene rings is 3. The van der Waals surface area contributed by atoms with Gasteiger partial charge in [0.05, 0.1) is 11.0 Å².